The van der Waals surface area contributed by atoms with Gasteiger partial charge in [0.15, 0.2) is 5.82 Å². The van der Waals surface area contributed by atoms with Gasteiger partial charge in [-0.3, -0.25) is 4.90 Å². The molecular formula is C14H21N5OS. The summed E-state index contributed by atoms with van der Waals surface area (Å²) in [4.78, 5) is 8.98. The normalized spacial score (nSPS) is 19.9. The predicted molar refractivity (Wildman–Crippen MR) is 83.6 cm³/mol. The van der Waals surface area contributed by atoms with E-state index in [2.05, 4.69) is 44.2 Å². The van der Waals surface area contributed by atoms with E-state index in [9.17, 15) is 0 Å². The summed E-state index contributed by atoms with van der Waals surface area (Å²) in [5.41, 5.74) is 1.28. The Balaban J connectivity index is 1.76. The van der Waals surface area contributed by atoms with Crippen molar-refractivity contribution in [2.75, 3.05) is 38.8 Å². The van der Waals surface area contributed by atoms with Gasteiger partial charge in [0.05, 0.1) is 25.8 Å². The number of ether oxygens (including phenoxy) is 1. The molecule has 0 aromatic carbocycles. The van der Waals surface area contributed by atoms with Gasteiger partial charge in [0.2, 0.25) is 5.13 Å². The number of anilines is 1. The second-order valence-electron chi connectivity index (χ2n) is 5.49. The van der Waals surface area contributed by atoms with Gasteiger partial charge in [-0.2, -0.15) is 4.37 Å². The van der Waals surface area contributed by atoms with Crippen molar-refractivity contribution in [2.24, 2.45) is 7.05 Å². The van der Waals surface area contributed by atoms with Crippen molar-refractivity contribution in [2.45, 2.75) is 12.6 Å². The van der Waals surface area contributed by atoms with Crippen molar-refractivity contribution in [3.8, 4) is 0 Å². The van der Waals surface area contributed by atoms with Gasteiger partial charge in [0, 0.05) is 51.1 Å². The van der Waals surface area contributed by atoms with Gasteiger partial charge >= 0.3 is 0 Å². The molecule has 1 unspecified atom stereocenters. The SMILES string of the molecule is CN(C)c1nc(CN2CCOCC2c2cccn2C)ns1. The number of aromatic nitrogens is 3. The zero-order valence-corrected chi connectivity index (χ0v) is 13.5. The molecule has 7 heteroatoms. The standard InChI is InChI=1S/C14H21N5OS/c1-17(2)14-15-13(16-21-14)9-19-7-8-20-10-12(19)11-5-4-6-18(11)3/h4-6,12H,7-10H2,1-3H3. The van der Waals surface area contributed by atoms with E-state index in [1.165, 1.54) is 17.2 Å². The molecule has 21 heavy (non-hydrogen) atoms. The Morgan fingerprint density at radius 3 is 3.00 bits per heavy atom. The van der Waals surface area contributed by atoms with E-state index in [0.717, 1.165) is 37.3 Å². The van der Waals surface area contributed by atoms with Gasteiger partial charge in [-0.05, 0) is 12.1 Å². The Morgan fingerprint density at radius 1 is 1.48 bits per heavy atom. The van der Waals surface area contributed by atoms with E-state index in [1.807, 2.05) is 19.0 Å². The molecule has 0 bridgehead atoms. The van der Waals surface area contributed by atoms with E-state index in [-0.39, 0.29) is 6.04 Å². The van der Waals surface area contributed by atoms with Crippen LogP contribution in [0, 0.1) is 0 Å². The highest BCUT2D eigenvalue weighted by Crippen LogP contribution is 2.26. The third-order valence-corrected chi connectivity index (χ3v) is 4.67. The number of rotatable bonds is 4. The molecule has 3 rings (SSSR count). The number of morpholine rings is 1. The average molecular weight is 307 g/mol. The molecule has 0 N–H and O–H groups in total. The van der Waals surface area contributed by atoms with Gasteiger partial charge in [-0.15, -0.1) is 0 Å². The third-order valence-electron chi connectivity index (χ3n) is 3.75. The van der Waals surface area contributed by atoms with E-state index in [0.29, 0.717) is 0 Å². The first-order chi connectivity index (χ1) is 10.1. The second-order valence-corrected chi connectivity index (χ2v) is 6.22. The monoisotopic (exact) mass is 307 g/mol. The summed E-state index contributed by atoms with van der Waals surface area (Å²) in [7, 11) is 6.06. The van der Waals surface area contributed by atoms with Crippen molar-refractivity contribution < 1.29 is 4.74 Å². The van der Waals surface area contributed by atoms with Crippen molar-refractivity contribution in [1.82, 2.24) is 18.8 Å². The number of aryl methyl sites for hydroxylation is 1. The zero-order chi connectivity index (χ0) is 14.8. The lowest BCUT2D eigenvalue weighted by atomic mass is 10.1. The molecule has 1 aliphatic heterocycles. The number of hydrogen-bond acceptors (Lipinski definition) is 6. The maximum absolute atomic E-state index is 5.67. The molecule has 3 heterocycles. The van der Waals surface area contributed by atoms with Gasteiger partial charge < -0.3 is 14.2 Å². The lowest BCUT2D eigenvalue weighted by Crippen LogP contribution is -2.40. The molecule has 1 atom stereocenters. The molecule has 2 aromatic rings. The van der Waals surface area contributed by atoms with E-state index >= 15 is 0 Å². The fourth-order valence-corrected chi connectivity index (χ4v) is 3.19. The van der Waals surface area contributed by atoms with E-state index < -0.39 is 0 Å². The minimum Gasteiger partial charge on any atom is -0.378 e. The van der Waals surface area contributed by atoms with Crippen LogP contribution in [0.2, 0.25) is 0 Å². The highest BCUT2D eigenvalue weighted by molar-refractivity contribution is 7.09. The molecule has 1 fully saturated rings. The molecule has 114 valence electrons. The van der Waals surface area contributed by atoms with Crippen molar-refractivity contribution in [1.29, 1.82) is 0 Å². The highest BCUT2D eigenvalue weighted by Gasteiger charge is 2.27. The Bertz CT molecular complexity index is 594. The van der Waals surface area contributed by atoms with Gasteiger partial charge in [0.25, 0.3) is 0 Å². The molecule has 0 spiro atoms. The molecule has 0 aliphatic carbocycles. The van der Waals surface area contributed by atoms with Crippen LogP contribution in [0.15, 0.2) is 18.3 Å². The van der Waals surface area contributed by atoms with Crippen LogP contribution in [0.3, 0.4) is 0 Å². The fourth-order valence-electron chi connectivity index (χ4n) is 2.59. The van der Waals surface area contributed by atoms with Crippen LogP contribution in [0.5, 0.6) is 0 Å². The maximum Gasteiger partial charge on any atom is 0.204 e. The number of nitrogens with zero attached hydrogens (tertiary/aromatic N) is 5. The molecule has 0 amide bonds. The smallest absolute Gasteiger partial charge is 0.204 e. The Labute approximate surface area is 129 Å². The van der Waals surface area contributed by atoms with Crippen LogP contribution in [-0.4, -0.2) is 52.7 Å². The maximum atomic E-state index is 5.67. The lowest BCUT2D eigenvalue weighted by molar-refractivity contribution is -0.0161. The second kappa shape index (κ2) is 6.13. The molecule has 1 saturated heterocycles. The summed E-state index contributed by atoms with van der Waals surface area (Å²) < 4.78 is 12.3. The summed E-state index contributed by atoms with van der Waals surface area (Å²) >= 11 is 1.45. The number of hydrogen-bond donors (Lipinski definition) is 0. The molecule has 6 nitrogen and oxygen atoms in total. The molecule has 0 saturated carbocycles. The van der Waals surface area contributed by atoms with Crippen LogP contribution in [0.25, 0.3) is 0 Å². The summed E-state index contributed by atoms with van der Waals surface area (Å²) in [6, 6.07) is 4.50. The zero-order valence-electron chi connectivity index (χ0n) is 12.7. The average Bonchev–Trinajstić information content (AvgIpc) is 3.09. The predicted octanol–water partition coefficient (Wildman–Crippen LogP) is 1.52. The van der Waals surface area contributed by atoms with Crippen LogP contribution in [-0.2, 0) is 18.3 Å². The van der Waals surface area contributed by atoms with Crippen LogP contribution < -0.4 is 4.90 Å². The Kier molecular flexibility index (Phi) is 4.23. The minimum absolute atomic E-state index is 0.269. The Hall–Kier alpha value is -1.44. The summed E-state index contributed by atoms with van der Waals surface area (Å²) in [6.07, 6.45) is 2.08. The van der Waals surface area contributed by atoms with Crippen LogP contribution >= 0.6 is 11.5 Å². The topological polar surface area (TPSA) is 46.4 Å². The largest absolute Gasteiger partial charge is 0.378 e. The van der Waals surface area contributed by atoms with Crippen LogP contribution in [0.4, 0.5) is 5.13 Å². The quantitative estimate of drug-likeness (QED) is 0.857. The summed E-state index contributed by atoms with van der Waals surface area (Å²) in [6.45, 7) is 3.17. The first kappa shape index (κ1) is 14.5. The molecule has 1 aliphatic rings. The summed E-state index contributed by atoms with van der Waals surface area (Å²) in [5, 5.41) is 0.952. The molecular weight excluding hydrogens is 286 g/mol. The lowest BCUT2D eigenvalue weighted by Gasteiger charge is -2.35. The van der Waals surface area contributed by atoms with Crippen molar-refractivity contribution >= 4 is 16.7 Å². The van der Waals surface area contributed by atoms with E-state index in [1.54, 1.807) is 0 Å². The van der Waals surface area contributed by atoms with Crippen LogP contribution in [0.1, 0.15) is 17.6 Å². The third kappa shape index (κ3) is 3.09. The first-order valence-corrected chi connectivity index (χ1v) is 7.85. The summed E-state index contributed by atoms with van der Waals surface area (Å²) in [5.74, 6) is 0.893. The van der Waals surface area contributed by atoms with Gasteiger partial charge in [0.1, 0.15) is 0 Å². The highest BCUT2D eigenvalue weighted by atomic mass is 32.1. The molecule has 0 radical (unpaired) electrons. The van der Waals surface area contributed by atoms with Gasteiger partial charge in [-0.1, -0.05) is 0 Å². The fraction of sp³-hybridized carbons (Fsp3) is 0.571. The van der Waals surface area contributed by atoms with Crippen molar-refractivity contribution in [3.63, 3.8) is 0 Å². The molecule has 2 aromatic heterocycles. The van der Waals surface area contributed by atoms with Gasteiger partial charge in [-0.25, -0.2) is 4.98 Å². The van der Waals surface area contributed by atoms with E-state index in [4.69, 9.17) is 4.74 Å². The Morgan fingerprint density at radius 2 is 2.33 bits per heavy atom. The first-order valence-electron chi connectivity index (χ1n) is 7.08. The van der Waals surface area contributed by atoms with Crippen molar-refractivity contribution in [3.05, 3.63) is 29.8 Å². The minimum atomic E-state index is 0.269.